The number of hydrogen-bond donors (Lipinski definition) is 1. The van der Waals surface area contributed by atoms with Gasteiger partial charge in [0.25, 0.3) is 0 Å². The van der Waals surface area contributed by atoms with Crippen molar-refractivity contribution in [2.24, 2.45) is 0 Å². The van der Waals surface area contributed by atoms with Crippen molar-refractivity contribution in [2.75, 3.05) is 5.32 Å². The molecule has 0 aliphatic carbocycles. The van der Waals surface area contributed by atoms with Crippen molar-refractivity contribution in [3.05, 3.63) is 41.2 Å². The van der Waals surface area contributed by atoms with Crippen LogP contribution in [0.1, 0.15) is 43.8 Å². The van der Waals surface area contributed by atoms with Gasteiger partial charge in [-0.15, -0.1) is 5.10 Å². The van der Waals surface area contributed by atoms with Gasteiger partial charge in [0.15, 0.2) is 0 Å². The van der Waals surface area contributed by atoms with E-state index in [1.165, 1.54) is 6.07 Å². The van der Waals surface area contributed by atoms with Crippen LogP contribution in [0.3, 0.4) is 0 Å². The summed E-state index contributed by atoms with van der Waals surface area (Å²) in [5, 5.41) is 11.4. The molecule has 1 aromatic carbocycles. The van der Waals surface area contributed by atoms with Crippen molar-refractivity contribution in [1.82, 2.24) is 15.2 Å². The van der Waals surface area contributed by atoms with Crippen LogP contribution in [-0.2, 0) is 12.8 Å². The molecule has 0 fully saturated rings. The van der Waals surface area contributed by atoms with E-state index in [1.807, 2.05) is 26.8 Å². The maximum atomic E-state index is 12.3. The van der Waals surface area contributed by atoms with Gasteiger partial charge in [0.05, 0.1) is 17.4 Å². The van der Waals surface area contributed by atoms with Crippen molar-refractivity contribution in [2.45, 2.75) is 46.3 Å². The quantitative estimate of drug-likeness (QED) is 0.841. The van der Waals surface area contributed by atoms with Crippen LogP contribution in [-0.4, -0.2) is 21.8 Å². The summed E-state index contributed by atoms with van der Waals surface area (Å²) in [6.45, 7) is 3.08. The average molecular weight is 322 g/mol. The minimum Gasteiger partial charge on any atom is -0.435 e. The Labute approximate surface area is 134 Å². The first-order valence-electron chi connectivity index (χ1n) is 7.57. The Kier molecular flexibility index (Phi) is 5.78. The molecule has 0 radical (unpaired) electrons. The SMILES string of the molecule is CCc1nnc(NC(C)c2cccc(OC(F)F)c2)nc1CC. The van der Waals surface area contributed by atoms with E-state index in [4.69, 9.17) is 0 Å². The first kappa shape index (κ1) is 17.1. The summed E-state index contributed by atoms with van der Waals surface area (Å²) in [6.07, 6.45) is 1.56. The number of aromatic nitrogens is 3. The number of alkyl halides is 2. The first-order chi connectivity index (χ1) is 11.0. The summed E-state index contributed by atoms with van der Waals surface area (Å²) in [5.74, 6) is 0.549. The molecule has 1 atom stereocenters. The van der Waals surface area contributed by atoms with Crippen LogP contribution >= 0.6 is 0 Å². The van der Waals surface area contributed by atoms with E-state index in [0.29, 0.717) is 5.95 Å². The molecule has 0 aliphatic rings. The number of nitrogens with zero attached hydrogens (tertiary/aromatic N) is 3. The summed E-state index contributed by atoms with van der Waals surface area (Å²) < 4.78 is 29.0. The number of anilines is 1. The van der Waals surface area contributed by atoms with Crippen molar-refractivity contribution in [3.8, 4) is 5.75 Å². The number of nitrogens with one attached hydrogen (secondary N) is 1. The topological polar surface area (TPSA) is 59.9 Å². The summed E-state index contributed by atoms with van der Waals surface area (Å²) in [6, 6.07) is 6.38. The van der Waals surface area contributed by atoms with E-state index in [1.54, 1.807) is 12.1 Å². The minimum absolute atomic E-state index is 0.126. The largest absolute Gasteiger partial charge is 0.435 e. The number of halogens is 2. The number of benzene rings is 1. The molecule has 2 aromatic rings. The number of rotatable bonds is 7. The molecule has 0 aliphatic heterocycles. The highest BCUT2D eigenvalue weighted by Gasteiger charge is 2.12. The first-order valence-corrected chi connectivity index (χ1v) is 7.57. The highest BCUT2D eigenvalue weighted by Crippen LogP contribution is 2.22. The van der Waals surface area contributed by atoms with Crippen LogP contribution in [0.25, 0.3) is 0 Å². The van der Waals surface area contributed by atoms with Gasteiger partial charge in [0.1, 0.15) is 5.75 Å². The lowest BCUT2D eigenvalue weighted by Gasteiger charge is -2.16. The Bertz CT molecular complexity index is 652. The molecule has 7 heteroatoms. The van der Waals surface area contributed by atoms with E-state index in [-0.39, 0.29) is 11.8 Å². The monoisotopic (exact) mass is 322 g/mol. The van der Waals surface area contributed by atoms with Gasteiger partial charge < -0.3 is 10.1 Å². The lowest BCUT2D eigenvalue weighted by Crippen LogP contribution is -2.13. The van der Waals surface area contributed by atoms with Crippen LogP contribution in [0.15, 0.2) is 24.3 Å². The van der Waals surface area contributed by atoms with E-state index < -0.39 is 6.61 Å². The number of ether oxygens (including phenoxy) is 1. The van der Waals surface area contributed by atoms with E-state index in [2.05, 4.69) is 25.2 Å². The molecule has 1 unspecified atom stereocenters. The third-order valence-electron chi connectivity index (χ3n) is 3.44. The van der Waals surface area contributed by atoms with Crippen molar-refractivity contribution in [1.29, 1.82) is 0 Å². The summed E-state index contributed by atoms with van der Waals surface area (Å²) in [4.78, 5) is 4.46. The summed E-state index contributed by atoms with van der Waals surface area (Å²) in [5.41, 5.74) is 2.59. The van der Waals surface area contributed by atoms with Crippen LogP contribution in [0.4, 0.5) is 14.7 Å². The second-order valence-electron chi connectivity index (χ2n) is 5.05. The summed E-state index contributed by atoms with van der Waals surface area (Å²) in [7, 11) is 0. The van der Waals surface area contributed by atoms with Gasteiger partial charge >= 0.3 is 6.61 Å². The Balaban J connectivity index is 2.14. The molecule has 0 amide bonds. The van der Waals surface area contributed by atoms with Crippen LogP contribution < -0.4 is 10.1 Å². The number of hydrogen-bond acceptors (Lipinski definition) is 5. The van der Waals surface area contributed by atoms with Gasteiger partial charge in [0, 0.05) is 0 Å². The molecule has 1 aromatic heterocycles. The standard InChI is InChI=1S/C16H20F2N4O/c1-4-13-14(5-2)21-22-16(20-13)19-10(3)11-7-6-8-12(9-11)23-15(17)18/h6-10,15H,4-5H2,1-3H3,(H,19,20,22). The minimum atomic E-state index is -2.84. The average Bonchev–Trinajstić information content (AvgIpc) is 2.54. The molecule has 2 rings (SSSR count). The third-order valence-corrected chi connectivity index (χ3v) is 3.44. The molecule has 1 N–H and O–H groups in total. The number of aryl methyl sites for hydroxylation is 2. The van der Waals surface area contributed by atoms with Gasteiger partial charge in [-0.2, -0.15) is 13.9 Å². The maximum Gasteiger partial charge on any atom is 0.387 e. The second-order valence-corrected chi connectivity index (χ2v) is 5.05. The third kappa shape index (κ3) is 4.58. The molecule has 0 saturated heterocycles. The van der Waals surface area contributed by atoms with Crippen LogP contribution in [0.2, 0.25) is 0 Å². The van der Waals surface area contributed by atoms with E-state index in [0.717, 1.165) is 29.8 Å². The summed E-state index contributed by atoms with van der Waals surface area (Å²) >= 11 is 0. The highest BCUT2D eigenvalue weighted by molar-refractivity contribution is 5.36. The van der Waals surface area contributed by atoms with Crippen molar-refractivity contribution < 1.29 is 13.5 Å². The lowest BCUT2D eigenvalue weighted by atomic mass is 10.1. The normalized spacial score (nSPS) is 12.3. The Hall–Kier alpha value is -2.31. The fourth-order valence-electron chi connectivity index (χ4n) is 2.24. The van der Waals surface area contributed by atoms with E-state index >= 15 is 0 Å². The molecule has 23 heavy (non-hydrogen) atoms. The van der Waals surface area contributed by atoms with Gasteiger partial charge in [0.2, 0.25) is 5.95 Å². The van der Waals surface area contributed by atoms with Crippen molar-refractivity contribution >= 4 is 5.95 Å². The molecular weight excluding hydrogens is 302 g/mol. The smallest absolute Gasteiger partial charge is 0.387 e. The zero-order valence-electron chi connectivity index (χ0n) is 13.4. The maximum absolute atomic E-state index is 12.3. The molecule has 1 heterocycles. The Morgan fingerprint density at radius 3 is 2.52 bits per heavy atom. The molecule has 124 valence electrons. The zero-order chi connectivity index (χ0) is 16.8. The predicted molar refractivity (Wildman–Crippen MR) is 83.7 cm³/mol. The van der Waals surface area contributed by atoms with Crippen LogP contribution in [0.5, 0.6) is 5.75 Å². The van der Waals surface area contributed by atoms with Crippen LogP contribution in [0, 0.1) is 0 Å². The predicted octanol–water partition coefficient (Wildman–Crippen LogP) is 3.77. The lowest BCUT2D eigenvalue weighted by molar-refractivity contribution is -0.0498. The fourth-order valence-corrected chi connectivity index (χ4v) is 2.24. The highest BCUT2D eigenvalue weighted by atomic mass is 19.3. The second kappa shape index (κ2) is 7.80. The van der Waals surface area contributed by atoms with Gasteiger partial charge in [-0.1, -0.05) is 26.0 Å². The Morgan fingerprint density at radius 2 is 1.87 bits per heavy atom. The Morgan fingerprint density at radius 1 is 1.13 bits per heavy atom. The van der Waals surface area contributed by atoms with E-state index in [9.17, 15) is 8.78 Å². The van der Waals surface area contributed by atoms with Gasteiger partial charge in [-0.05, 0) is 37.5 Å². The molecular formula is C16H20F2N4O. The molecule has 5 nitrogen and oxygen atoms in total. The molecule has 0 saturated carbocycles. The zero-order valence-corrected chi connectivity index (χ0v) is 13.4. The van der Waals surface area contributed by atoms with Gasteiger partial charge in [-0.3, -0.25) is 0 Å². The van der Waals surface area contributed by atoms with Crippen molar-refractivity contribution in [3.63, 3.8) is 0 Å². The van der Waals surface area contributed by atoms with Gasteiger partial charge in [-0.25, -0.2) is 4.98 Å². The fraction of sp³-hybridized carbons (Fsp3) is 0.438. The molecule has 0 spiro atoms. The molecule has 0 bridgehead atoms.